The molecule has 0 N–H and O–H groups in total. The molecule has 4 aliphatic carbocycles. The van der Waals surface area contributed by atoms with E-state index in [1.807, 2.05) is 5.57 Å². The quantitative estimate of drug-likeness (QED) is 0.449. The number of ether oxygens (including phenoxy) is 1. The standard InChI is InChI=1S/C22H32O/c1-14(2)22-19(23-22)13-18-16-9-8-15-7-5-6-11-20(15,3)17(16)10-12-21(18,22)4/h10,15-16,18-19H,1,5-9,11-13H2,2-4H3. The first-order chi connectivity index (χ1) is 10.9. The summed E-state index contributed by atoms with van der Waals surface area (Å²) in [5.74, 6) is 2.63. The molecule has 1 aliphatic heterocycles. The minimum absolute atomic E-state index is 0.0179. The van der Waals surface area contributed by atoms with E-state index in [1.54, 1.807) is 0 Å². The van der Waals surface area contributed by atoms with Gasteiger partial charge in [0.15, 0.2) is 0 Å². The first-order valence-electron chi connectivity index (χ1n) is 9.98. The third-order valence-electron chi connectivity index (χ3n) is 9.01. The molecule has 3 saturated carbocycles. The van der Waals surface area contributed by atoms with Gasteiger partial charge in [-0.2, -0.15) is 0 Å². The van der Waals surface area contributed by atoms with Crippen molar-refractivity contribution in [2.24, 2.45) is 28.6 Å². The van der Waals surface area contributed by atoms with Gasteiger partial charge in [0.25, 0.3) is 0 Å². The maximum Gasteiger partial charge on any atom is 0.121 e. The minimum Gasteiger partial charge on any atom is -0.361 e. The largest absolute Gasteiger partial charge is 0.361 e. The summed E-state index contributed by atoms with van der Waals surface area (Å²) in [6.45, 7) is 11.7. The normalized spacial score (nSPS) is 56.7. The van der Waals surface area contributed by atoms with E-state index >= 15 is 0 Å². The van der Waals surface area contributed by atoms with Crippen LogP contribution in [-0.2, 0) is 4.74 Å². The van der Waals surface area contributed by atoms with Crippen molar-refractivity contribution in [3.05, 3.63) is 23.8 Å². The highest BCUT2D eigenvalue weighted by Crippen LogP contribution is 2.73. The highest BCUT2D eigenvalue weighted by Gasteiger charge is 2.76. The third kappa shape index (κ3) is 1.54. The maximum atomic E-state index is 6.26. The fourth-order valence-electron chi connectivity index (χ4n) is 7.78. The molecule has 1 saturated heterocycles. The molecular formula is C22H32O. The SMILES string of the molecule is C=C(C)C12OC1CC1C3CCC4CCCCC4(C)C3=CCC12C. The van der Waals surface area contributed by atoms with Gasteiger partial charge in [0, 0.05) is 5.41 Å². The molecule has 0 aromatic carbocycles. The predicted octanol–water partition coefficient (Wildman–Crippen LogP) is 5.66. The Morgan fingerprint density at radius 3 is 2.83 bits per heavy atom. The van der Waals surface area contributed by atoms with Crippen molar-refractivity contribution < 1.29 is 4.74 Å². The molecule has 7 atom stereocenters. The van der Waals surface area contributed by atoms with Gasteiger partial charge in [0.1, 0.15) is 5.60 Å². The number of rotatable bonds is 1. The van der Waals surface area contributed by atoms with E-state index in [0.717, 1.165) is 17.8 Å². The molecule has 5 aliphatic rings. The molecule has 7 unspecified atom stereocenters. The van der Waals surface area contributed by atoms with Crippen LogP contribution in [0.4, 0.5) is 0 Å². The molecule has 0 amide bonds. The van der Waals surface area contributed by atoms with Gasteiger partial charge < -0.3 is 4.74 Å². The second-order valence-corrected chi connectivity index (χ2v) is 9.79. The zero-order chi connectivity index (χ0) is 16.0. The molecule has 0 bridgehead atoms. The van der Waals surface area contributed by atoms with Crippen molar-refractivity contribution in [2.75, 3.05) is 0 Å². The molecule has 1 heteroatoms. The van der Waals surface area contributed by atoms with E-state index in [1.165, 1.54) is 56.9 Å². The van der Waals surface area contributed by atoms with Gasteiger partial charge in [0.05, 0.1) is 6.10 Å². The average Bonchev–Trinajstić information content (AvgIpc) is 3.20. The highest BCUT2D eigenvalue weighted by molar-refractivity contribution is 5.40. The van der Waals surface area contributed by atoms with Gasteiger partial charge in [-0.1, -0.05) is 44.9 Å². The van der Waals surface area contributed by atoms with Crippen molar-refractivity contribution in [3.8, 4) is 0 Å². The summed E-state index contributed by atoms with van der Waals surface area (Å²) in [6, 6.07) is 0. The monoisotopic (exact) mass is 312 g/mol. The van der Waals surface area contributed by atoms with Gasteiger partial charge in [-0.05, 0) is 74.2 Å². The molecule has 0 spiro atoms. The Kier molecular flexibility index (Phi) is 2.78. The number of fused-ring (bicyclic) bond motifs is 7. The lowest BCUT2D eigenvalue weighted by molar-refractivity contribution is -0.00595. The van der Waals surface area contributed by atoms with Gasteiger partial charge in [-0.15, -0.1) is 0 Å². The summed E-state index contributed by atoms with van der Waals surface area (Å²) in [4.78, 5) is 0. The Bertz CT molecular complexity index is 603. The van der Waals surface area contributed by atoms with Crippen LogP contribution in [0.5, 0.6) is 0 Å². The van der Waals surface area contributed by atoms with Crippen LogP contribution in [0, 0.1) is 28.6 Å². The van der Waals surface area contributed by atoms with Gasteiger partial charge in [-0.3, -0.25) is 0 Å². The van der Waals surface area contributed by atoms with Crippen LogP contribution in [0.3, 0.4) is 0 Å². The van der Waals surface area contributed by atoms with Crippen LogP contribution in [0.2, 0.25) is 0 Å². The molecule has 0 radical (unpaired) electrons. The fourth-order valence-corrected chi connectivity index (χ4v) is 7.78. The topological polar surface area (TPSA) is 12.5 Å². The Balaban J connectivity index is 1.56. The van der Waals surface area contributed by atoms with Crippen LogP contribution in [0.25, 0.3) is 0 Å². The van der Waals surface area contributed by atoms with E-state index in [2.05, 4.69) is 33.4 Å². The van der Waals surface area contributed by atoms with Crippen LogP contribution < -0.4 is 0 Å². The Morgan fingerprint density at radius 2 is 2.04 bits per heavy atom. The number of allylic oxidation sites excluding steroid dienone is 2. The van der Waals surface area contributed by atoms with Gasteiger partial charge in [0.2, 0.25) is 0 Å². The van der Waals surface area contributed by atoms with Crippen LogP contribution in [0.15, 0.2) is 23.8 Å². The molecule has 1 heterocycles. The predicted molar refractivity (Wildman–Crippen MR) is 94.1 cm³/mol. The molecule has 126 valence electrons. The highest BCUT2D eigenvalue weighted by atomic mass is 16.6. The molecular weight excluding hydrogens is 280 g/mol. The Hall–Kier alpha value is -0.560. The van der Waals surface area contributed by atoms with E-state index < -0.39 is 0 Å². The van der Waals surface area contributed by atoms with E-state index in [-0.39, 0.29) is 5.60 Å². The zero-order valence-corrected chi connectivity index (χ0v) is 15.2. The molecule has 0 aromatic heterocycles. The molecule has 23 heavy (non-hydrogen) atoms. The van der Waals surface area contributed by atoms with Crippen molar-refractivity contribution in [1.29, 1.82) is 0 Å². The number of hydrogen-bond acceptors (Lipinski definition) is 1. The first kappa shape index (κ1) is 14.8. The van der Waals surface area contributed by atoms with Crippen molar-refractivity contribution in [3.63, 3.8) is 0 Å². The lowest BCUT2D eigenvalue weighted by atomic mass is 9.48. The maximum absolute atomic E-state index is 6.26. The summed E-state index contributed by atoms with van der Waals surface area (Å²) in [5.41, 5.74) is 3.99. The summed E-state index contributed by atoms with van der Waals surface area (Å²) >= 11 is 0. The number of epoxide rings is 1. The molecule has 4 fully saturated rings. The molecule has 5 rings (SSSR count). The minimum atomic E-state index is 0.0179. The fraction of sp³-hybridized carbons (Fsp3) is 0.818. The third-order valence-corrected chi connectivity index (χ3v) is 9.01. The Morgan fingerprint density at radius 1 is 1.22 bits per heavy atom. The van der Waals surface area contributed by atoms with Crippen LogP contribution >= 0.6 is 0 Å². The average molecular weight is 312 g/mol. The summed E-state index contributed by atoms with van der Waals surface area (Å²) < 4.78 is 6.26. The van der Waals surface area contributed by atoms with Crippen LogP contribution in [-0.4, -0.2) is 11.7 Å². The van der Waals surface area contributed by atoms with Crippen molar-refractivity contribution >= 4 is 0 Å². The first-order valence-corrected chi connectivity index (χ1v) is 9.98. The van der Waals surface area contributed by atoms with E-state index in [9.17, 15) is 0 Å². The van der Waals surface area contributed by atoms with Crippen molar-refractivity contribution in [1.82, 2.24) is 0 Å². The molecule has 0 aromatic rings. The van der Waals surface area contributed by atoms with Gasteiger partial charge >= 0.3 is 0 Å². The Labute approximate surface area is 141 Å². The number of hydrogen-bond donors (Lipinski definition) is 0. The molecule has 1 nitrogen and oxygen atoms in total. The van der Waals surface area contributed by atoms with E-state index in [4.69, 9.17) is 4.74 Å². The zero-order valence-electron chi connectivity index (χ0n) is 15.2. The van der Waals surface area contributed by atoms with E-state index in [0.29, 0.717) is 16.9 Å². The lowest BCUT2D eigenvalue weighted by Crippen LogP contribution is -2.49. The second kappa shape index (κ2) is 4.34. The van der Waals surface area contributed by atoms with Crippen molar-refractivity contribution in [2.45, 2.75) is 83.8 Å². The van der Waals surface area contributed by atoms with Crippen LogP contribution in [0.1, 0.15) is 72.1 Å². The second-order valence-electron chi connectivity index (χ2n) is 9.79. The lowest BCUT2D eigenvalue weighted by Gasteiger charge is -2.56. The summed E-state index contributed by atoms with van der Waals surface area (Å²) in [6.07, 6.45) is 14.4. The smallest absolute Gasteiger partial charge is 0.121 e. The van der Waals surface area contributed by atoms with Gasteiger partial charge in [-0.25, -0.2) is 0 Å². The summed E-state index contributed by atoms with van der Waals surface area (Å²) in [5, 5.41) is 0. The summed E-state index contributed by atoms with van der Waals surface area (Å²) in [7, 11) is 0.